The maximum atomic E-state index is 13.3. The molecular weight excluding hydrogens is 591 g/mol. The van der Waals surface area contributed by atoms with Crippen molar-refractivity contribution in [2.24, 2.45) is 13.0 Å². The van der Waals surface area contributed by atoms with Crippen LogP contribution in [0.5, 0.6) is 0 Å². The summed E-state index contributed by atoms with van der Waals surface area (Å²) in [6.45, 7) is 11.2. The van der Waals surface area contributed by atoms with Gasteiger partial charge in [-0.05, 0) is 48.0 Å². The molecule has 1 aromatic rings. The van der Waals surface area contributed by atoms with Crippen LogP contribution < -0.4 is 4.57 Å². The number of β-lactam (4-membered cyclic amide) rings is 1. The van der Waals surface area contributed by atoms with Gasteiger partial charge in [-0.3, -0.25) is 14.6 Å². The summed E-state index contributed by atoms with van der Waals surface area (Å²) < 4.78 is 72.1. The Balaban J connectivity index is 0.000000507. The average Bonchev–Trinajstić information content (AvgIpc) is 3.09. The van der Waals surface area contributed by atoms with E-state index in [-0.39, 0.29) is 17.9 Å². The summed E-state index contributed by atoms with van der Waals surface area (Å²) >= 11 is 1.50. The minimum Gasteiger partial charge on any atom is -0.741 e. The van der Waals surface area contributed by atoms with Gasteiger partial charge in [-0.15, -0.1) is 0 Å². The second-order valence-electron chi connectivity index (χ2n) is 11.6. The molecule has 0 spiro atoms. The van der Waals surface area contributed by atoms with Gasteiger partial charge in [-0.1, -0.05) is 11.8 Å². The fourth-order valence-electron chi connectivity index (χ4n) is 4.50. The molecule has 16 heteroatoms. The summed E-state index contributed by atoms with van der Waals surface area (Å²) in [6.07, 6.45) is 4.03. The van der Waals surface area contributed by atoms with Crippen LogP contribution in [0.4, 0.5) is 18.0 Å². The number of nitrogens with zero attached hydrogens (tertiary/aromatic N) is 3. The highest BCUT2D eigenvalue weighted by molar-refractivity contribution is 8.03. The minimum absolute atomic E-state index is 0.0344. The van der Waals surface area contributed by atoms with Gasteiger partial charge in [-0.25, -0.2) is 22.6 Å². The number of aromatic nitrogens is 1. The molecule has 0 saturated carbocycles. The van der Waals surface area contributed by atoms with Crippen molar-refractivity contribution in [3.05, 3.63) is 35.1 Å². The molecule has 3 aliphatic rings. The predicted molar refractivity (Wildman–Crippen MR) is 138 cm³/mol. The van der Waals surface area contributed by atoms with Gasteiger partial charge in [0.25, 0.3) is 5.91 Å². The van der Waals surface area contributed by atoms with Gasteiger partial charge in [0.1, 0.15) is 30.0 Å². The number of esters is 1. The number of hydrogen-bond acceptors (Lipinski definition) is 9. The quantitative estimate of drug-likeness (QED) is 0.164. The summed E-state index contributed by atoms with van der Waals surface area (Å²) in [6, 6.07) is 3.07. The molecule has 4 rings (SSSR count). The lowest BCUT2D eigenvalue weighted by molar-refractivity contribution is -0.671. The van der Waals surface area contributed by atoms with Gasteiger partial charge in [0, 0.05) is 34.4 Å². The van der Waals surface area contributed by atoms with Crippen molar-refractivity contribution in [3.63, 3.8) is 0 Å². The van der Waals surface area contributed by atoms with Crippen LogP contribution in [-0.4, -0.2) is 76.1 Å². The second-order valence-corrected chi connectivity index (χ2v) is 14.1. The van der Waals surface area contributed by atoms with Gasteiger partial charge in [0.15, 0.2) is 22.5 Å². The summed E-state index contributed by atoms with van der Waals surface area (Å²) in [4.78, 5) is 44.2. The largest absolute Gasteiger partial charge is 0.741 e. The topological polar surface area (TPSA) is 137 Å². The number of likely N-dealkylation sites (tertiary alicyclic amines) is 1. The molecule has 1 aromatic heterocycles. The first-order valence-corrected chi connectivity index (χ1v) is 14.7. The third-order valence-corrected chi connectivity index (χ3v) is 7.82. The highest BCUT2D eigenvalue weighted by Gasteiger charge is 2.65. The van der Waals surface area contributed by atoms with E-state index in [0.717, 1.165) is 9.80 Å². The van der Waals surface area contributed by atoms with Crippen molar-refractivity contribution in [3.8, 4) is 0 Å². The highest BCUT2D eigenvalue weighted by Crippen LogP contribution is 2.54. The van der Waals surface area contributed by atoms with E-state index in [0.29, 0.717) is 18.7 Å². The van der Waals surface area contributed by atoms with E-state index in [9.17, 15) is 27.6 Å². The van der Waals surface area contributed by atoms with Crippen LogP contribution in [0.3, 0.4) is 0 Å². The predicted octanol–water partition coefficient (Wildman–Crippen LogP) is 3.06. The molecule has 3 aliphatic heterocycles. The lowest BCUT2D eigenvalue weighted by Gasteiger charge is -2.53. The minimum atomic E-state index is -6.09. The number of piperidine rings is 1. The van der Waals surface area contributed by atoms with Gasteiger partial charge >= 0.3 is 17.6 Å². The summed E-state index contributed by atoms with van der Waals surface area (Å²) in [7, 11) is -4.15. The number of rotatable bonds is 3. The first kappa shape index (κ1) is 32.7. The molecule has 0 aliphatic carbocycles. The molecule has 0 bridgehead atoms. The van der Waals surface area contributed by atoms with Crippen molar-refractivity contribution in [1.82, 2.24) is 9.80 Å². The van der Waals surface area contributed by atoms with Crippen LogP contribution in [-0.2, 0) is 36.2 Å². The number of alkyl halides is 3. The number of aryl methyl sites for hydroxylation is 1. The Hall–Kier alpha value is -2.85. The number of ether oxygens (including phenoxy) is 2. The van der Waals surface area contributed by atoms with Crippen molar-refractivity contribution in [1.29, 1.82) is 0 Å². The van der Waals surface area contributed by atoms with Crippen LogP contribution in [0.1, 0.15) is 48.0 Å². The van der Waals surface area contributed by atoms with Crippen LogP contribution >= 0.6 is 11.8 Å². The number of thioether (sulfide) groups is 1. The van der Waals surface area contributed by atoms with E-state index in [2.05, 4.69) is 0 Å². The summed E-state index contributed by atoms with van der Waals surface area (Å²) in [5.74, 6) is -0.796. The maximum absolute atomic E-state index is 13.3. The first-order chi connectivity index (χ1) is 18.5. The Labute approximate surface area is 240 Å². The smallest absolute Gasteiger partial charge is 0.485 e. The Morgan fingerprint density at radius 2 is 1.56 bits per heavy atom. The lowest BCUT2D eigenvalue weighted by Crippen LogP contribution is -2.73. The zero-order valence-corrected chi connectivity index (χ0v) is 25.1. The van der Waals surface area contributed by atoms with Gasteiger partial charge < -0.3 is 14.0 Å². The Morgan fingerprint density at radius 3 is 2.02 bits per heavy atom. The van der Waals surface area contributed by atoms with E-state index in [1.807, 2.05) is 56.9 Å². The number of halogens is 3. The number of hydrogen-bond donors (Lipinski definition) is 0. The lowest BCUT2D eigenvalue weighted by atomic mass is 9.81. The van der Waals surface area contributed by atoms with E-state index in [1.165, 1.54) is 16.7 Å². The molecule has 3 atom stereocenters. The van der Waals surface area contributed by atoms with Crippen LogP contribution in [0.25, 0.3) is 0 Å². The zero-order valence-electron chi connectivity index (χ0n) is 23.5. The molecule has 2 amide bonds. The molecule has 2 fully saturated rings. The molecule has 11 nitrogen and oxygen atoms in total. The Bertz CT molecular complexity index is 1350. The molecule has 4 heterocycles. The van der Waals surface area contributed by atoms with E-state index in [1.54, 1.807) is 25.7 Å². The Morgan fingerprint density at radius 1 is 1.05 bits per heavy atom. The van der Waals surface area contributed by atoms with E-state index >= 15 is 0 Å². The van der Waals surface area contributed by atoms with Crippen molar-refractivity contribution >= 4 is 39.8 Å². The summed E-state index contributed by atoms with van der Waals surface area (Å²) in [5, 5.41) is 0. The fourth-order valence-corrected chi connectivity index (χ4v) is 5.70. The van der Waals surface area contributed by atoms with Gasteiger partial charge in [0.2, 0.25) is 0 Å². The monoisotopic (exact) mass is 623 g/mol. The SMILES string of the molecule is C[n+]1ccc(SC2=C(C(=O)OC(C)(C)C)N3C(=O)[C@@H]4[C@H]3C2CCN4C(=O)OC(C)(C)C)cc1.O=S(=O)([O-])C(F)(F)F. The van der Waals surface area contributed by atoms with Crippen LogP contribution in [0, 0.1) is 5.92 Å². The van der Waals surface area contributed by atoms with Crippen molar-refractivity contribution < 1.29 is 54.6 Å². The molecule has 0 N–H and O–H groups in total. The number of carbonyl (C=O) groups excluding carboxylic acids is 3. The van der Waals surface area contributed by atoms with Gasteiger partial charge in [-0.2, -0.15) is 13.2 Å². The number of amides is 2. The summed E-state index contributed by atoms with van der Waals surface area (Å²) in [5.41, 5.74) is -6.68. The molecule has 41 heavy (non-hydrogen) atoms. The molecule has 2 saturated heterocycles. The van der Waals surface area contributed by atoms with Crippen LogP contribution in [0.2, 0.25) is 0 Å². The average molecular weight is 624 g/mol. The molecule has 228 valence electrons. The van der Waals surface area contributed by atoms with E-state index in [4.69, 9.17) is 22.4 Å². The zero-order chi connectivity index (χ0) is 31.3. The first-order valence-electron chi connectivity index (χ1n) is 12.5. The maximum Gasteiger partial charge on any atom is 0.485 e. The second kappa shape index (κ2) is 11.1. The number of carbonyl (C=O) groups is 3. The number of pyridine rings is 1. The van der Waals surface area contributed by atoms with E-state index < -0.39 is 44.9 Å². The fraction of sp³-hybridized carbons (Fsp3) is 0.600. The normalized spacial score (nSPS) is 22.4. The van der Waals surface area contributed by atoms with Gasteiger partial charge in [0.05, 0.1) is 6.04 Å². The molecule has 0 aromatic carbocycles. The molecular formula is C25H32F3N3O8S2. The standard InChI is InChI=1S/C24H32N3O5S.CHF3O3S/c1-23(2,3)31-21(29)18-19(33-14-8-11-25(7)12-9-14)15-10-13-26(22(30)32-24(4,5)6)17-16(15)27(18)20(17)28;2-1(3,4)8(5,6)7/h8-9,11-12,15-17H,10,13H2,1-7H3;(H,5,6,7)/q+1;/p-1/t15?,16-,17+;/m1./s1. The van der Waals surface area contributed by atoms with Crippen LogP contribution in [0.15, 0.2) is 40.0 Å². The third-order valence-electron chi connectivity index (χ3n) is 6.03. The third kappa shape index (κ3) is 7.33. The molecule has 1 unspecified atom stereocenters. The highest BCUT2D eigenvalue weighted by atomic mass is 32.2. The Kier molecular flexibility index (Phi) is 8.84. The van der Waals surface area contributed by atoms with Crippen molar-refractivity contribution in [2.75, 3.05) is 6.54 Å². The molecule has 0 radical (unpaired) electrons. The van der Waals surface area contributed by atoms with Crippen molar-refractivity contribution in [2.45, 2.75) is 81.7 Å².